The predicted octanol–water partition coefficient (Wildman–Crippen LogP) is 19.7. The zero-order valence-corrected chi connectivity index (χ0v) is 45.2. The number of carbonyl (C=O) groups excluding carboxylic acids is 2. The first kappa shape index (κ1) is 50.9. The second-order valence-electron chi connectivity index (χ2n) is 18.3. The molecular formula is C62H46Cl4N4O2S2. The Hall–Kier alpha value is -6.62. The van der Waals surface area contributed by atoms with Gasteiger partial charge in [0, 0.05) is 73.7 Å². The van der Waals surface area contributed by atoms with Gasteiger partial charge in [0.15, 0.2) is 11.6 Å². The number of thiophene rings is 2. The van der Waals surface area contributed by atoms with Gasteiger partial charge < -0.3 is 0 Å². The first-order valence-corrected chi connectivity index (χ1v) is 27.1. The number of ketones is 2. The van der Waals surface area contributed by atoms with Crippen LogP contribution in [-0.4, -0.2) is 11.6 Å². The molecule has 6 nitrogen and oxygen atoms in total. The fraction of sp³-hybridized carbons (Fsp3) is 0.129. The fourth-order valence-electron chi connectivity index (χ4n) is 9.50. The van der Waals surface area contributed by atoms with Crippen molar-refractivity contribution in [3.05, 3.63) is 256 Å². The highest BCUT2D eigenvalue weighted by atomic mass is 35.5. The molecule has 10 rings (SSSR count). The van der Waals surface area contributed by atoms with Gasteiger partial charge in [-0.25, -0.2) is 0 Å². The van der Waals surface area contributed by atoms with E-state index in [1.54, 1.807) is 59.1 Å². The highest BCUT2D eigenvalue weighted by Crippen LogP contribution is 2.52. The van der Waals surface area contributed by atoms with Gasteiger partial charge in [-0.2, -0.15) is 20.5 Å². The van der Waals surface area contributed by atoms with Crippen LogP contribution in [0, 0.1) is 39.5 Å². The lowest BCUT2D eigenvalue weighted by Gasteiger charge is -2.25. The second kappa shape index (κ2) is 22.1. The number of azo groups is 2. The van der Waals surface area contributed by atoms with Gasteiger partial charge in [0.1, 0.15) is 12.1 Å². The molecule has 0 amide bonds. The van der Waals surface area contributed by atoms with Crippen LogP contribution in [0.15, 0.2) is 202 Å². The van der Waals surface area contributed by atoms with Crippen LogP contribution in [0.25, 0.3) is 32.0 Å². The van der Waals surface area contributed by atoms with Crippen LogP contribution in [0.1, 0.15) is 66.3 Å². The summed E-state index contributed by atoms with van der Waals surface area (Å²) in [7, 11) is 0. The van der Waals surface area contributed by atoms with Crippen LogP contribution in [0.2, 0.25) is 20.1 Å². The Morgan fingerprint density at radius 3 is 0.932 bits per heavy atom. The summed E-state index contributed by atoms with van der Waals surface area (Å²) in [4.78, 5) is 33.2. The molecule has 0 saturated heterocycles. The number of Topliss-reactive ketones (excluding diaryl/α,β-unsaturated/α-hetero) is 2. The van der Waals surface area contributed by atoms with Crippen LogP contribution in [0.3, 0.4) is 0 Å². The van der Waals surface area contributed by atoms with Gasteiger partial charge in [0.2, 0.25) is 0 Å². The quantitative estimate of drug-likeness (QED) is 0.108. The molecular weight excluding hydrogens is 1040 g/mol. The molecule has 0 N–H and O–H groups in total. The van der Waals surface area contributed by atoms with Gasteiger partial charge in [-0.15, -0.1) is 22.7 Å². The smallest absolute Gasteiger partial charge is 0.193 e. The lowest BCUT2D eigenvalue weighted by Crippen LogP contribution is -2.17. The second-order valence-corrected chi connectivity index (χ2v) is 22.1. The van der Waals surface area contributed by atoms with Gasteiger partial charge in [-0.1, -0.05) is 192 Å². The van der Waals surface area contributed by atoms with Crippen molar-refractivity contribution in [3.8, 4) is 9.75 Å². The maximum Gasteiger partial charge on any atom is 0.193 e. The van der Waals surface area contributed by atoms with Gasteiger partial charge in [-0.05, 0) is 109 Å². The highest BCUT2D eigenvalue weighted by molar-refractivity contribution is 7.22. The molecule has 0 bridgehead atoms. The topological polar surface area (TPSA) is 83.6 Å². The third kappa shape index (κ3) is 10.7. The van der Waals surface area contributed by atoms with E-state index in [0.717, 1.165) is 64.0 Å². The average molecular weight is 1090 g/mol. The molecule has 74 heavy (non-hydrogen) atoms. The number of carbonyl (C=O) groups is 2. The molecule has 2 aliphatic carbocycles. The Kier molecular flexibility index (Phi) is 15.2. The molecule has 6 aromatic carbocycles. The standard InChI is InChI=1S/C62H46Cl4N4O2S2/c1-35-37(3)61(73-59(35)55(69-67-49-31-45(63)29-46(64)32-49)43-25-51(39-17-9-5-10-18-39)57(71)52(26-43)40-19-11-6-12-20-40)62-38(4)36(2)60(74-62)56(70-68-50-33-47(65)30-48(66)34-50)44-27-53(41-21-13-7-14-22-41)58(72)54(28-44)42-23-15-8-16-24-42/h5-34,43-44,55-56H,1-4H3. The largest absolute Gasteiger partial charge is 0.289 e. The number of allylic oxidation sites excluding steroid dienone is 4. The Morgan fingerprint density at radius 1 is 0.392 bits per heavy atom. The van der Waals surface area contributed by atoms with Crippen LogP contribution in [0.5, 0.6) is 0 Å². The molecule has 0 spiro atoms. The molecule has 0 radical (unpaired) electrons. The van der Waals surface area contributed by atoms with Crippen molar-refractivity contribution in [3.63, 3.8) is 0 Å². The summed E-state index contributed by atoms with van der Waals surface area (Å²) < 4.78 is 0. The SMILES string of the molecule is Cc1c(-c2sc(C(N=Nc3cc(Cl)cc(Cl)c3)C3C=C(c4ccccc4)C(=O)C(c4ccccc4)=C3)c(C)c2C)sc(C(N=Nc2cc(Cl)cc(Cl)c2)C2C=C(c3ccccc3)C(=O)C(c3ccccc3)=C2)c1C. The number of nitrogens with zero attached hydrogens (tertiary/aromatic N) is 4. The normalized spacial score (nSPS) is 15.4. The summed E-state index contributed by atoms with van der Waals surface area (Å²) in [5.41, 5.74) is 11.0. The van der Waals surface area contributed by atoms with E-state index in [0.29, 0.717) is 53.8 Å². The summed E-state index contributed by atoms with van der Waals surface area (Å²) in [6, 6.07) is 48.2. The van der Waals surface area contributed by atoms with Gasteiger partial charge in [0.05, 0.1) is 11.4 Å². The first-order chi connectivity index (χ1) is 35.8. The monoisotopic (exact) mass is 1080 g/mol. The third-order valence-corrected chi connectivity index (χ3v) is 17.5. The van der Waals surface area contributed by atoms with Gasteiger partial charge in [0.25, 0.3) is 0 Å². The van der Waals surface area contributed by atoms with E-state index in [2.05, 4.69) is 27.7 Å². The van der Waals surface area contributed by atoms with E-state index in [-0.39, 0.29) is 11.6 Å². The van der Waals surface area contributed by atoms with Crippen molar-refractivity contribution in [2.24, 2.45) is 32.3 Å². The number of rotatable bonds is 13. The highest BCUT2D eigenvalue weighted by Gasteiger charge is 2.36. The molecule has 8 aromatic rings. The van der Waals surface area contributed by atoms with Crippen LogP contribution in [-0.2, 0) is 9.59 Å². The van der Waals surface area contributed by atoms with E-state index in [1.807, 2.05) is 146 Å². The third-order valence-electron chi connectivity index (χ3n) is 13.5. The molecule has 0 fully saturated rings. The lowest BCUT2D eigenvalue weighted by molar-refractivity contribution is -0.109. The van der Waals surface area contributed by atoms with Gasteiger partial charge in [-0.3, -0.25) is 9.59 Å². The summed E-state index contributed by atoms with van der Waals surface area (Å²) in [6.07, 6.45) is 8.16. The Balaban J connectivity index is 1.14. The maximum absolute atomic E-state index is 14.5. The number of halogens is 4. The zero-order chi connectivity index (χ0) is 51.6. The van der Waals surface area contributed by atoms with Crippen molar-refractivity contribution in [2.75, 3.05) is 0 Å². The Labute approximate surface area is 458 Å². The minimum Gasteiger partial charge on any atom is -0.289 e. The molecule has 0 saturated carbocycles. The van der Waals surface area contributed by atoms with Crippen LogP contribution in [0.4, 0.5) is 11.4 Å². The van der Waals surface area contributed by atoms with Crippen molar-refractivity contribution in [1.29, 1.82) is 0 Å². The average Bonchev–Trinajstić information content (AvgIpc) is 3.86. The van der Waals surface area contributed by atoms with E-state index in [1.165, 1.54) is 0 Å². The maximum atomic E-state index is 14.5. The van der Waals surface area contributed by atoms with Crippen molar-refractivity contribution in [1.82, 2.24) is 0 Å². The lowest BCUT2D eigenvalue weighted by atomic mass is 9.80. The van der Waals surface area contributed by atoms with E-state index < -0.39 is 23.9 Å². The summed E-state index contributed by atoms with van der Waals surface area (Å²) in [6.45, 7) is 8.58. The Morgan fingerprint density at radius 2 is 0.662 bits per heavy atom. The molecule has 2 aromatic heterocycles. The van der Waals surface area contributed by atoms with Crippen LogP contribution < -0.4 is 0 Å². The molecule has 366 valence electrons. The molecule has 2 aliphatic rings. The zero-order valence-electron chi connectivity index (χ0n) is 40.6. The number of hydrogen-bond donors (Lipinski definition) is 0. The Bertz CT molecular complexity index is 3250. The molecule has 2 unspecified atom stereocenters. The summed E-state index contributed by atoms with van der Waals surface area (Å²) in [5, 5.41) is 21.8. The minimum atomic E-state index is -0.564. The van der Waals surface area contributed by atoms with Crippen molar-refractivity contribution >= 4 is 114 Å². The van der Waals surface area contributed by atoms with E-state index >= 15 is 0 Å². The summed E-state index contributed by atoms with van der Waals surface area (Å²) >= 11 is 29.3. The molecule has 2 atom stereocenters. The molecule has 0 aliphatic heterocycles. The van der Waals surface area contributed by atoms with Crippen molar-refractivity contribution in [2.45, 2.75) is 39.8 Å². The van der Waals surface area contributed by atoms with E-state index in [9.17, 15) is 9.59 Å². The van der Waals surface area contributed by atoms with Crippen LogP contribution >= 0.6 is 69.1 Å². The predicted molar refractivity (Wildman–Crippen MR) is 309 cm³/mol. The fourth-order valence-corrected chi connectivity index (χ4v) is 13.6. The number of benzene rings is 6. The number of hydrogen-bond acceptors (Lipinski definition) is 8. The van der Waals surface area contributed by atoms with E-state index in [4.69, 9.17) is 66.9 Å². The first-order valence-electron chi connectivity index (χ1n) is 23.9. The molecule has 2 heterocycles. The summed E-state index contributed by atoms with van der Waals surface area (Å²) in [5.74, 6) is -0.899. The minimum absolute atomic E-state index is 0.0584. The van der Waals surface area contributed by atoms with Crippen molar-refractivity contribution < 1.29 is 9.59 Å². The molecule has 12 heteroatoms. The van der Waals surface area contributed by atoms with Gasteiger partial charge >= 0.3 is 0 Å².